The molecule has 2 aliphatic carbocycles. The van der Waals surface area contributed by atoms with Gasteiger partial charge in [-0.2, -0.15) is 0 Å². The van der Waals surface area contributed by atoms with E-state index < -0.39 is 0 Å². The van der Waals surface area contributed by atoms with Crippen molar-refractivity contribution < 1.29 is 14.4 Å². The van der Waals surface area contributed by atoms with Crippen LogP contribution in [0.1, 0.15) is 69.2 Å². The molecule has 0 saturated heterocycles. The Morgan fingerprint density at radius 2 is 0.810 bits per heavy atom. The molecule has 0 spiro atoms. The fraction of sp³-hybridized carbons (Fsp3) is 0.600. The molecule has 0 aliphatic heterocycles. The van der Waals surface area contributed by atoms with Crippen molar-refractivity contribution in [2.45, 2.75) is 69.2 Å². The van der Waals surface area contributed by atoms with Crippen LogP contribution in [0.2, 0.25) is 0 Å². The van der Waals surface area contributed by atoms with E-state index in [-0.39, 0.29) is 10.8 Å². The summed E-state index contributed by atoms with van der Waals surface area (Å²) in [6, 6.07) is 0. The van der Waals surface area contributed by atoms with Crippen molar-refractivity contribution in [2.75, 3.05) is 0 Å². The van der Waals surface area contributed by atoms with Crippen LogP contribution in [0.15, 0.2) is 42.5 Å². The average Bonchev–Trinajstić information content (AvgIpc) is 2.63. The van der Waals surface area contributed by atoms with Gasteiger partial charge in [-0.1, -0.05) is 0 Å². The van der Waals surface area contributed by atoms with E-state index in [1.165, 1.54) is 33.4 Å². The van der Waals surface area contributed by atoms with E-state index in [2.05, 4.69) is 69.2 Å². The zero-order valence-corrected chi connectivity index (χ0v) is 16.3. The molecule has 2 aliphatic rings. The Bertz CT molecular complexity index is 575. The third-order valence-corrected chi connectivity index (χ3v) is 8.38. The van der Waals surface area contributed by atoms with Crippen molar-refractivity contribution in [1.82, 2.24) is 0 Å². The second-order valence-corrected chi connectivity index (χ2v) is 8.88. The summed E-state index contributed by atoms with van der Waals surface area (Å²) in [5.74, 6) is 0. The molecule has 0 atom stereocenters. The molecule has 0 nitrogen and oxygen atoms in total. The fourth-order valence-electron chi connectivity index (χ4n) is 3.44. The molecule has 0 radical (unpaired) electrons. The van der Waals surface area contributed by atoms with Crippen molar-refractivity contribution in [3.05, 3.63) is 42.5 Å². The van der Waals surface area contributed by atoms with Crippen molar-refractivity contribution in [1.29, 1.82) is 0 Å². The Balaban J connectivity index is 2.47. The fourth-order valence-corrected chi connectivity index (χ4v) is 5.42. The molecular formula is C20H30Ni. The molecule has 2 rings (SSSR count). The SMILES string of the molecule is CC1=C(C)C(C)(C)[C]([Ni][C]2=C(C)C(C)=C(C)C2(C)C)=C1C. The predicted octanol–water partition coefficient (Wildman–Crippen LogP) is 6.37. The van der Waals surface area contributed by atoms with Crippen LogP contribution in [0.5, 0.6) is 0 Å². The van der Waals surface area contributed by atoms with Gasteiger partial charge in [0.15, 0.2) is 0 Å². The van der Waals surface area contributed by atoms with Crippen LogP contribution in [-0.2, 0) is 14.4 Å². The maximum absolute atomic E-state index is 2.38. The van der Waals surface area contributed by atoms with Crippen LogP contribution in [0.25, 0.3) is 0 Å². The van der Waals surface area contributed by atoms with Gasteiger partial charge in [0.1, 0.15) is 0 Å². The molecule has 120 valence electrons. The van der Waals surface area contributed by atoms with Crippen molar-refractivity contribution in [3.8, 4) is 0 Å². The normalized spacial score (nSPS) is 25.0. The summed E-state index contributed by atoms with van der Waals surface area (Å²) in [5.41, 5.74) is 9.40. The summed E-state index contributed by atoms with van der Waals surface area (Å²) in [4.78, 5) is 0. The van der Waals surface area contributed by atoms with Crippen LogP contribution in [0.4, 0.5) is 0 Å². The Hall–Kier alpha value is -0.546. The second kappa shape index (κ2) is 4.99. The van der Waals surface area contributed by atoms with E-state index in [1.807, 2.05) is 14.4 Å². The Kier molecular flexibility index (Phi) is 3.99. The molecule has 0 saturated carbocycles. The average molecular weight is 329 g/mol. The molecule has 0 aromatic rings. The summed E-state index contributed by atoms with van der Waals surface area (Å²) in [6.07, 6.45) is 0. The molecule has 1 heteroatoms. The Morgan fingerprint density at radius 1 is 0.524 bits per heavy atom. The van der Waals surface area contributed by atoms with E-state index in [0.717, 1.165) is 0 Å². The minimum absolute atomic E-state index is 0.182. The third-order valence-electron chi connectivity index (χ3n) is 5.92. The van der Waals surface area contributed by atoms with Gasteiger partial charge in [-0.25, -0.2) is 0 Å². The molecule has 0 unspecified atom stereocenters. The molecule has 0 aromatic carbocycles. The first-order valence-electron chi connectivity index (χ1n) is 7.82. The van der Waals surface area contributed by atoms with Gasteiger partial charge in [0, 0.05) is 0 Å². The summed E-state index contributed by atoms with van der Waals surface area (Å²) in [7, 11) is 0. The molecule has 0 N–H and O–H groups in total. The quantitative estimate of drug-likeness (QED) is 0.516. The number of hydrogen-bond donors (Lipinski definition) is 0. The molecule has 21 heavy (non-hydrogen) atoms. The minimum atomic E-state index is 0.182. The predicted molar refractivity (Wildman–Crippen MR) is 89.7 cm³/mol. The van der Waals surface area contributed by atoms with Crippen LogP contribution in [-0.4, -0.2) is 0 Å². The van der Waals surface area contributed by atoms with Gasteiger partial charge >= 0.3 is 137 Å². The first-order chi connectivity index (χ1) is 9.44. The molecule has 0 bridgehead atoms. The van der Waals surface area contributed by atoms with Crippen molar-refractivity contribution >= 4 is 0 Å². The number of rotatable bonds is 2. The maximum atomic E-state index is 2.38. The van der Waals surface area contributed by atoms with Gasteiger partial charge in [0.25, 0.3) is 0 Å². The molecule has 0 fully saturated rings. The van der Waals surface area contributed by atoms with Crippen molar-refractivity contribution in [3.63, 3.8) is 0 Å². The summed E-state index contributed by atoms with van der Waals surface area (Å²) in [5, 5.41) is 0. The van der Waals surface area contributed by atoms with Gasteiger partial charge in [0.05, 0.1) is 0 Å². The first kappa shape index (κ1) is 16.8. The standard InChI is InChI=1S/2C10H15.Ni/c2*1-7-6-10(4,5)9(3)8(7)2;/h2*1-5H3;. The zero-order chi connectivity index (χ0) is 16.3. The summed E-state index contributed by atoms with van der Waals surface area (Å²) >= 11 is 1.81. The van der Waals surface area contributed by atoms with Gasteiger partial charge in [-0.05, 0) is 0 Å². The monoisotopic (exact) mass is 328 g/mol. The third kappa shape index (κ3) is 2.24. The molecule has 0 heterocycles. The van der Waals surface area contributed by atoms with Gasteiger partial charge in [0.2, 0.25) is 0 Å². The van der Waals surface area contributed by atoms with Crippen molar-refractivity contribution in [2.24, 2.45) is 10.8 Å². The molecule has 0 amide bonds. The Labute approximate surface area is 137 Å². The van der Waals surface area contributed by atoms with E-state index in [4.69, 9.17) is 0 Å². The van der Waals surface area contributed by atoms with E-state index in [1.54, 1.807) is 9.09 Å². The van der Waals surface area contributed by atoms with Crippen LogP contribution in [0.3, 0.4) is 0 Å². The number of hydrogen-bond acceptors (Lipinski definition) is 0. The van der Waals surface area contributed by atoms with Gasteiger partial charge in [-0.15, -0.1) is 0 Å². The van der Waals surface area contributed by atoms with Crippen LogP contribution >= 0.6 is 0 Å². The molecule has 0 aromatic heterocycles. The van der Waals surface area contributed by atoms with Gasteiger partial charge < -0.3 is 0 Å². The van der Waals surface area contributed by atoms with E-state index in [9.17, 15) is 0 Å². The summed E-state index contributed by atoms with van der Waals surface area (Å²) < 4.78 is 3.13. The zero-order valence-electron chi connectivity index (χ0n) is 15.3. The van der Waals surface area contributed by atoms with Crippen LogP contribution < -0.4 is 0 Å². The summed E-state index contributed by atoms with van der Waals surface area (Å²) in [6.45, 7) is 23.2. The molecular weight excluding hydrogens is 299 g/mol. The number of allylic oxidation sites excluding steroid dienone is 8. The Morgan fingerprint density at radius 3 is 1.00 bits per heavy atom. The topological polar surface area (TPSA) is 0 Å². The van der Waals surface area contributed by atoms with Crippen LogP contribution in [0, 0.1) is 10.8 Å². The van der Waals surface area contributed by atoms with E-state index >= 15 is 0 Å². The first-order valence-corrected chi connectivity index (χ1v) is 8.80. The second-order valence-electron chi connectivity index (χ2n) is 7.65. The van der Waals surface area contributed by atoms with Gasteiger partial charge in [-0.3, -0.25) is 0 Å². The van der Waals surface area contributed by atoms with E-state index in [0.29, 0.717) is 0 Å².